The minimum Gasteiger partial charge on any atom is -0.322 e. The maximum absolute atomic E-state index is 13.0. The van der Waals surface area contributed by atoms with Gasteiger partial charge in [-0.05, 0) is 43.2 Å². The van der Waals surface area contributed by atoms with Crippen LogP contribution in [-0.4, -0.2) is 31.7 Å². The number of amides is 1. The van der Waals surface area contributed by atoms with Crippen LogP contribution in [0.3, 0.4) is 0 Å². The largest absolute Gasteiger partial charge is 0.322 e. The van der Waals surface area contributed by atoms with E-state index in [9.17, 15) is 13.2 Å². The molecule has 1 aliphatic rings. The number of rotatable bonds is 5. The number of anilines is 1. The highest BCUT2D eigenvalue weighted by Crippen LogP contribution is 2.26. The summed E-state index contributed by atoms with van der Waals surface area (Å²) in [6.45, 7) is 0. The van der Waals surface area contributed by atoms with Gasteiger partial charge in [-0.15, -0.1) is 0 Å². The molecule has 1 aliphatic carbocycles. The Hall–Kier alpha value is -2.18. The Morgan fingerprint density at radius 3 is 2.38 bits per heavy atom. The number of sulfonamides is 1. The second kappa shape index (κ2) is 8.01. The average molecular weight is 372 g/mol. The van der Waals surface area contributed by atoms with Crippen LogP contribution in [0.4, 0.5) is 5.69 Å². The summed E-state index contributed by atoms with van der Waals surface area (Å²) in [5.41, 5.74) is 0.997. The van der Waals surface area contributed by atoms with Crippen LogP contribution in [0.25, 0.3) is 0 Å². The van der Waals surface area contributed by atoms with Crippen LogP contribution in [0.2, 0.25) is 0 Å². The van der Waals surface area contributed by atoms with E-state index in [0.717, 1.165) is 25.7 Å². The number of hydrogen-bond acceptors (Lipinski definition) is 3. The Morgan fingerprint density at radius 2 is 1.69 bits per heavy atom. The van der Waals surface area contributed by atoms with Gasteiger partial charge < -0.3 is 5.32 Å². The lowest BCUT2D eigenvalue weighted by Gasteiger charge is -2.30. The van der Waals surface area contributed by atoms with Crippen molar-refractivity contribution in [1.29, 1.82) is 0 Å². The molecule has 0 aliphatic heterocycles. The molecule has 3 rings (SSSR count). The fraction of sp³-hybridized carbons (Fsp3) is 0.350. The van der Waals surface area contributed by atoms with Crippen LogP contribution in [0.1, 0.15) is 42.5 Å². The average Bonchev–Trinajstić information content (AvgIpc) is 2.69. The number of benzene rings is 2. The minimum absolute atomic E-state index is 0.0375. The zero-order chi connectivity index (χ0) is 18.6. The van der Waals surface area contributed by atoms with Crippen LogP contribution in [0.5, 0.6) is 0 Å². The molecule has 6 heteroatoms. The van der Waals surface area contributed by atoms with Crippen molar-refractivity contribution in [1.82, 2.24) is 4.31 Å². The van der Waals surface area contributed by atoms with Crippen molar-refractivity contribution in [3.05, 3.63) is 60.2 Å². The van der Waals surface area contributed by atoms with E-state index in [1.165, 1.54) is 16.8 Å². The van der Waals surface area contributed by atoms with Gasteiger partial charge in [0.25, 0.3) is 5.91 Å². The fourth-order valence-corrected chi connectivity index (χ4v) is 4.79. The molecule has 2 aromatic carbocycles. The molecule has 0 aromatic heterocycles. The van der Waals surface area contributed by atoms with Crippen LogP contribution >= 0.6 is 0 Å². The molecule has 1 amide bonds. The van der Waals surface area contributed by atoms with Crippen molar-refractivity contribution in [3.8, 4) is 0 Å². The first-order chi connectivity index (χ1) is 12.5. The topological polar surface area (TPSA) is 66.5 Å². The summed E-state index contributed by atoms with van der Waals surface area (Å²) in [6, 6.07) is 15.4. The summed E-state index contributed by atoms with van der Waals surface area (Å²) in [6.07, 6.45) is 5.07. The molecule has 0 bridgehead atoms. The van der Waals surface area contributed by atoms with Gasteiger partial charge in [0.1, 0.15) is 0 Å². The fourth-order valence-electron chi connectivity index (χ4n) is 3.33. The van der Waals surface area contributed by atoms with Crippen LogP contribution in [0.15, 0.2) is 59.5 Å². The Bertz CT molecular complexity index is 860. The van der Waals surface area contributed by atoms with Gasteiger partial charge in [-0.1, -0.05) is 43.5 Å². The maximum atomic E-state index is 13.0. The molecule has 0 spiro atoms. The van der Waals surface area contributed by atoms with Crippen LogP contribution < -0.4 is 5.32 Å². The number of hydrogen-bond donors (Lipinski definition) is 1. The van der Waals surface area contributed by atoms with Crippen molar-refractivity contribution in [2.75, 3.05) is 12.4 Å². The van der Waals surface area contributed by atoms with Gasteiger partial charge in [-0.25, -0.2) is 8.42 Å². The zero-order valence-electron chi connectivity index (χ0n) is 14.9. The summed E-state index contributed by atoms with van der Waals surface area (Å²) >= 11 is 0. The quantitative estimate of drug-likeness (QED) is 0.866. The molecule has 5 nitrogen and oxygen atoms in total. The molecule has 2 aromatic rings. The molecule has 0 saturated heterocycles. The van der Waals surface area contributed by atoms with E-state index in [0.29, 0.717) is 11.3 Å². The van der Waals surface area contributed by atoms with Crippen LogP contribution in [-0.2, 0) is 10.0 Å². The molecule has 0 unspecified atom stereocenters. The molecule has 1 fully saturated rings. The number of carbonyl (C=O) groups is 1. The predicted octanol–water partition coefficient (Wildman–Crippen LogP) is 3.89. The lowest BCUT2D eigenvalue weighted by molar-refractivity contribution is 0.102. The van der Waals surface area contributed by atoms with E-state index in [1.807, 2.05) is 18.2 Å². The zero-order valence-corrected chi connectivity index (χ0v) is 15.7. The Balaban J connectivity index is 1.80. The molecule has 1 N–H and O–H groups in total. The number of carbonyl (C=O) groups excluding carboxylic acids is 1. The highest BCUT2D eigenvalue weighted by Gasteiger charge is 2.29. The lowest BCUT2D eigenvalue weighted by atomic mass is 9.96. The second-order valence-electron chi connectivity index (χ2n) is 6.66. The third-order valence-corrected chi connectivity index (χ3v) is 6.80. The van der Waals surface area contributed by atoms with E-state index in [1.54, 1.807) is 37.4 Å². The Labute approximate surface area is 155 Å². The molecule has 0 atom stereocenters. The van der Waals surface area contributed by atoms with Crippen molar-refractivity contribution in [3.63, 3.8) is 0 Å². The second-order valence-corrected chi connectivity index (χ2v) is 8.66. The molecular formula is C20H24N2O3S. The van der Waals surface area contributed by atoms with Crippen molar-refractivity contribution in [2.24, 2.45) is 0 Å². The van der Waals surface area contributed by atoms with Crippen molar-refractivity contribution < 1.29 is 13.2 Å². The van der Waals surface area contributed by atoms with Crippen LogP contribution in [0, 0.1) is 0 Å². The van der Waals surface area contributed by atoms with Crippen molar-refractivity contribution >= 4 is 21.6 Å². The van der Waals surface area contributed by atoms with E-state index in [2.05, 4.69) is 5.32 Å². The van der Waals surface area contributed by atoms with Gasteiger partial charge in [0.2, 0.25) is 10.0 Å². The normalized spacial score (nSPS) is 15.8. The van der Waals surface area contributed by atoms with Gasteiger partial charge in [-0.3, -0.25) is 4.79 Å². The molecule has 0 radical (unpaired) electrons. The maximum Gasteiger partial charge on any atom is 0.255 e. The molecule has 1 saturated carbocycles. The van der Waals surface area contributed by atoms with Gasteiger partial charge >= 0.3 is 0 Å². The van der Waals surface area contributed by atoms with E-state index >= 15 is 0 Å². The third-order valence-electron chi connectivity index (χ3n) is 4.89. The predicted molar refractivity (Wildman–Crippen MR) is 103 cm³/mol. The smallest absolute Gasteiger partial charge is 0.255 e. The third kappa shape index (κ3) is 4.14. The first-order valence-corrected chi connectivity index (χ1v) is 10.4. The van der Waals surface area contributed by atoms with Gasteiger partial charge in [0, 0.05) is 24.3 Å². The lowest BCUT2D eigenvalue weighted by Crippen LogP contribution is -2.38. The first kappa shape index (κ1) is 18.6. The van der Waals surface area contributed by atoms with E-state index in [4.69, 9.17) is 0 Å². The summed E-state index contributed by atoms with van der Waals surface area (Å²) in [4.78, 5) is 12.6. The highest BCUT2D eigenvalue weighted by molar-refractivity contribution is 7.89. The molecule has 0 heterocycles. The van der Waals surface area contributed by atoms with Gasteiger partial charge in [0.05, 0.1) is 4.90 Å². The van der Waals surface area contributed by atoms with Crippen molar-refractivity contribution in [2.45, 2.75) is 43.0 Å². The summed E-state index contributed by atoms with van der Waals surface area (Å²) in [5, 5.41) is 2.78. The Kier molecular flexibility index (Phi) is 5.74. The molecule has 138 valence electrons. The highest BCUT2D eigenvalue weighted by atomic mass is 32.2. The SMILES string of the molecule is CN(C1CCCCC1)S(=O)(=O)c1cccc(C(=O)Nc2ccccc2)c1. The molecule has 26 heavy (non-hydrogen) atoms. The summed E-state index contributed by atoms with van der Waals surface area (Å²) < 4.78 is 27.4. The minimum atomic E-state index is -3.61. The molecular weight excluding hydrogens is 348 g/mol. The standard InChI is InChI=1S/C20H24N2O3S/c1-22(18-12-6-3-7-13-18)26(24,25)19-14-8-9-16(15-19)20(23)21-17-10-4-2-5-11-17/h2,4-5,8-11,14-15,18H,3,6-7,12-13H2,1H3,(H,21,23). The first-order valence-electron chi connectivity index (χ1n) is 8.93. The van der Waals surface area contributed by atoms with Gasteiger partial charge in [0.15, 0.2) is 0 Å². The number of nitrogens with zero attached hydrogens (tertiary/aromatic N) is 1. The number of para-hydroxylation sites is 1. The van der Waals surface area contributed by atoms with Gasteiger partial charge in [-0.2, -0.15) is 4.31 Å². The number of nitrogens with one attached hydrogen (secondary N) is 1. The Morgan fingerprint density at radius 1 is 1.00 bits per heavy atom. The van der Waals surface area contributed by atoms with E-state index < -0.39 is 10.0 Å². The summed E-state index contributed by atoms with van der Waals surface area (Å²) in [7, 11) is -1.97. The summed E-state index contributed by atoms with van der Waals surface area (Å²) in [5.74, 6) is -0.325. The van der Waals surface area contributed by atoms with E-state index in [-0.39, 0.29) is 16.8 Å². The monoisotopic (exact) mass is 372 g/mol.